The summed E-state index contributed by atoms with van der Waals surface area (Å²) in [7, 11) is 0. The maximum atomic E-state index is 13.1. The zero-order valence-corrected chi connectivity index (χ0v) is 11.2. The van der Waals surface area contributed by atoms with E-state index >= 15 is 0 Å². The minimum Gasteiger partial charge on any atom is -0.306 e. The van der Waals surface area contributed by atoms with Crippen molar-refractivity contribution in [3.63, 3.8) is 0 Å². The maximum absolute atomic E-state index is 13.1. The molecule has 19 heavy (non-hydrogen) atoms. The summed E-state index contributed by atoms with van der Waals surface area (Å²) in [6.45, 7) is 2.43. The van der Waals surface area contributed by atoms with Gasteiger partial charge in [-0.15, -0.1) is 0 Å². The quantitative estimate of drug-likeness (QED) is 0.872. The summed E-state index contributed by atoms with van der Waals surface area (Å²) < 4.78 is 26.0. The van der Waals surface area contributed by atoms with Crippen LogP contribution in [0.15, 0.2) is 42.5 Å². The number of rotatable bonds is 4. The van der Waals surface area contributed by atoms with Crippen LogP contribution in [0.3, 0.4) is 0 Å². The van der Waals surface area contributed by atoms with Gasteiger partial charge >= 0.3 is 0 Å². The van der Waals surface area contributed by atoms with Gasteiger partial charge in [0, 0.05) is 17.6 Å². The van der Waals surface area contributed by atoms with Crippen molar-refractivity contribution in [2.24, 2.45) is 0 Å². The molecule has 2 rings (SSSR count). The van der Waals surface area contributed by atoms with Crippen molar-refractivity contribution in [1.82, 2.24) is 5.32 Å². The van der Waals surface area contributed by atoms with Crippen molar-refractivity contribution in [2.75, 3.05) is 0 Å². The van der Waals surface area contributed by atoms with Crippen LogP contribution in [0.4, 0.5) is 8.78 Å². The van der Waals surface area contributed by atoms with Crippen LogP contribution in [0, 0.1) is 11.6 Å². The number of benzene rings is 2. The van der Waals surface area contributed by atoms with Gasteiger partial charge in [0.15, 0.2) is 0 Å². The first-order chi connectivity index (χ1) is 9.06. The van der Waals surface area contributed by atoms with E-state index in [9.17, 15) is 8.78 Å². The first-order valence-electron chi connectivity index (χ1n) is 5.99. The normalized spacial score (nSPS) is 12.4. The van der Waals surface area contributed by atoms with Gasteiger partial charge in [-0.3, -0.25) is 0 Å². The molecule has 0 aromatic heterocycles. The Morgan fingerprint density at radius 1 is 1.11 bits per heavy atom. The van der Waals surface area contributed by atoms with Crippen molar-refractivity contribution < 1.29 is 8.78 Å². The number of hydrogen-bond donors (Lipinski definition) is 1. The average Bonchev–Trinajstić information content (AvgIpc) is 2.37. The van der Waals surface area contributed by atoms with Gasteiger partial charge < -0.3 is 5.32 Å². The Balaban J connectivity index is 2.02. The SMILES string of the molecule is C[C@H](NCc1ccc(F)cc1Cl)c1cccc(F)c1. The van der Waals surface area contributed by atoms with E-state index in [-0.39, 0.29) is 17.7 Å². The second-order valence-corrected chi connectivity index (χ2v) is 4.80. The second-order valence-electron chi connectivity index (χ2n) is 4.39. The van der Waals surface area contributed by atoms with E-state index in [1.54, 1.807) is 12.1 Å². The minimum absolute atomic E-state index is 0.0168. The average molecular weight is 282 g/mol. The molecule has 0 saturated carbocycles. The predicted molar refractivity (Wildman–Crippen MR) is 73.1 cm³/mol. The molecule has 2 aromatic carbocycles. The highest BCUT2D eigenvalue weighted by Crippen LogP contribution is 2.19. The van der Waals surface area contributed by atoms with Crippen LogP contribution in [0.25, 0.3) is 0 Å². The highest BCUT2D eigenvalue weighted by Gasteiger charge is 2.07. The van der Waals surface area contributed by atoms with Crippen LogP contribution in [0.1, 0.15) is 24.1 Å². The lowest BCUT2D eigenvalue weighted by atomic mass is 10.1. The van der Waals surface area contributed by atoms with E-state index in [2.05, 4.69) is 5.32 Å². The molecule has 0 amide bonds. The molecule has 0 aliphatic rings. The Bertz CT molecular complexity index is 572. The van der Waals surface area contributed by atoms with Gasteiger partial charge in [-0.1, -0.05) is 29.8 Å². The van der Waals surface area contributed by atoms with E-state index in [1.807, 2.05) is 13.0 Å². The molecule has 1 atom stereocenters. The first-order valence-corrected chi connectivity index (χ1v) is 6.37. The standard InChI is InChI=1S/C15H14ClF2N/c1-10(11-3-2-4-13(17)7-11)19-9-12-5-6-14(18)8-15(12)16/h2-8,10,19H,9H2,1H3/t10-/m0/s1. The maximum Gasteiger partial charge on any atom is 0.124 e. The third-order valence-electron chi connectivity index (χ3n) is 2.96. The van der Waals surface area contributed by atoms with E-state index in [1.165, 1.54) is 24.3 Å². The highest BCUT2D eigenvalue weighted by atomic mass is 35.5. The lowest BCUT2D eigenvalue weighted by Gasteiger charge is -2.15. The molecule has 1 nitrogen and oxygen atoms in total. The Kier molecular flexibility index (Phi) is 4.51. The molecule has 2 aromatic rings. The van der Waals surface area contributed by atoms with E-state index in [0.717, 1.165) is 11.1 Å². The molecule has 0 radical (unpaired) electrons. The Morgan fingerprint density at radius 3 is 2.53 bits per heavy atom. The van der Waals surface area contributed by atoms with Crippen molar-refractivity contribution in [2.45, 2.75) is 19.5 Å². The summed E-state index contributed by atoms with van der Waals surface area (Å²) in [6, 6.07) is 10.7. The molecule has 1 N–H and O–H groups in total. The fraction of sp³-hybridized carbons (Fsp3) is 0.200. The van der Waals surface area contributed by atoms with Gasteiger partial charge in [0.25, 0.3) is 0 Å². The van der Waals surface area contributed by atoms with Crippen molar-refractivity contribution >= 4 is 11.6 Å². The van der Waals surface area contributed by atoms with Gasteiger partial charge in [0.05, 0.1) is 0 Å². The minimum atomic E-state index is -0.355. The summed E-state index contributed by atoms with van der Waals surface area (Å²) in [5.74, 6) is -0.613. The van der Waals surface area contributed by atoms with Crippen LogP contribution in [0.5, 0.6) is 0 Å². The smallest absolute Gasteiger partial charge is 0.124 e. The second kappa shape index (κ2) is 6.13. The number of halogens is 3. The third-order valence-corrected chi connectivity index (χ3v) is 3.31. The number of hydrogen-bond acceptors (Lipinski definition) is 1. The van der Waals surface area contributed by atoms with Gasteiger partial charge in [-0.2, -0.15) is 0 Å². The van der Waals surface area contributed by atoms with Crippen LogP contribution >= 0.6 is 11.6 Å². The molecule has 0 aliphatic carbocycles. The fourth-order valence-electron chi connectivity index (χ4n) is 1.82. The monoisotopic (exact) mass is 281 g/mol. The molecular weight excluding hydrogens is 268 g/mol. The van der Waals surface area contributed by atoms with E-state index < -0.39 is 0 Å². The summed E-state index contributed by atoms with van der Waals surface area (Å²) in [5.41, 5.74) is 1.67. The lowest BCUT2D eigenvalue weighted by molar-refractivity contribution is 0.564. The summed E-state index contributed by atoms with van der Waals surface area (Å²) in [6.07, 6.45) is 0. The van der Waals surface area contributed by atoms with Crippen molar-refractivity contribution in [3.05, 3.63) is 70.2 Å². The van der Waals surface area contributed by atoms with Crippen LogP contribution in [-0.2, 0) is 6.54 Å². The predicted octanol–water partition coefficient (Wildman–Crippen LogP) is 4.47. The van der Waals surface area contributed by atoms with Crippen LogP contribution in [0.2, 0.25) is 5.02 Å². The number of nitrogens with one attached hydrogen (secondary N) is 1. The van der Waals surface area contributed by atoms with Gasteiger partial charge in [0.2, 0.25) is 0 Å². The third kappa shape index (κ3) is 3.75. The Hall–Kier alpha value is -1.45. The zero-order chi connectivity index (χ0) is 13.8. The first kappa shape index (κ1) is 14.0. The van der Waals surface area contributed by atoms with E-state index in [4.69, 9.17) is 11.6 Å². The highest BCUT2D eigenvalue weighted by molar-refractivity contribution is 6.31. The largest absolute Gasteiger partial charge is 0.306 e. The summed E-state index contributed by atoms with van der Waals surface area (Å²) >= 11 is 5.94. The van der Waals surface area contributed by atoms with Gasteiger partial charge in [-0.25, -0.2) is 8.78 Å². The lowest BCUT2D eigenvalue weighted by Crippen LogP contribution is -2.18. The summed E-state index contributed by atoms with van der Waals surface area (Å²) in [4.78, 5) is 0. The van der Waals surface area contributed by atoms with Gasteiger partial charge in [0.1, 0.15) is 11.6 Å². The van der Waals surface area contributed by atoms with Crippen molar-refractivity contribution in [1.29, 1.82) is 0 Å². The molecule has 0 unspecified atom stereocenters. The molecule has 0 heterocycles. The van der Waals surface area contributed by atoms with Crippen molar-refractivity contribution in [3.8, 4) is 0 Å². The van der Waals surface area contributed by atoms with Crippen LogP contribution in [-0.4, -0.2) is 0 Å². The topological polar surface area (TPSA) is 12.0 Å². The molecule has 100 valence electrons. The van der Waals surface area contributed by atoms with E-state index in [0.29, 0.717) is 11.6 Å². The molecule has 0 saturated heterocycles. The molecule has 0 spiro atoms. The Morgan fingerprint density at radius 2 is 1.84 bits per heavy atom. The fourth-order valence-corrected chi connectivity index (χ4v) is 2.06. The molecule has 0 aliphatic heterocycles. The van der Waals surface area contributed by atoms with Gasteiger partial charge in [-0.05, 0) is 42.3 Å². The summed E-state index contributed by atoms with van der Waals surface area (Å²) in [5, 5.41) is 3.62. The molecule has 0 fully saturated rings. The van der Waals surface area contributed by atoms with Crippen LogP contribution < -0.4 is 5.32 Å². The molecule has 0 bridgehead atoms. The molecular formula is C15H14ClF2N. The molecule has 4 heteroatoms. The Labute approximate surface area is 116 Å². The zero-order valence-electron chi connectivity index (χ0n) is 10.5.